The fraction of sp³-hybridized carbons (Fsp3) is 1.00. The third kappa shape index (κ3) is 6.46. The van der Waals surface area contributed by atoms with E-state index in [0.717, 1.165) is 25.4 Å². The molecule has 16 heavy (non-hydrogen) atoms. The molecule has 0 aromatic rings. The zero-order chi connectivity index (χ0) is 11.6. The van der Waals surface area contributed by atoms with E-state index >= 15 is 0 Å². The maximum atomic E-state index is 9.47. The van der Waals surface area contributed by atoms with Gasteiger partial charge in [0.15, 0.2) is 0 Å². The van der Waals surface area contributed by atoms with E-state index in [1.807, 2.05) is 0 Å². The zero-order valence-corrected chi connectivity index (χ0v) is 10.6. The van der Waals surface area contributed by atoms with Crippen molar-refractivity contribution in [3.63, 3.8) is 0 Å². The van der Waals surface area contributed by atoms with Gasteiger partial charge in [-0.2, -0.15) is 0 Å². The second-order valence-corrected chi connectivity index (χ2v) is 4.96. The maximum Gasteiger partial charge on any atom is 0.0785 e. The van der Waals surface area contributed by atoms with Gasteiger partial charge >= 0.3 is 0 Å². The highest BCUT2D eigenvalue weighted by molar-refractivity contribution is 4.67. The van der Waals surface area contributed by atoms with Gasteiger partial charge in [0.1, 0.15) is 0 Å². The molecule has 1 aliphatic rings. The molecule has 1 rings (SSSR count). The van der Waals surface area contributed by atoms with Crippen molar-refractivity contribution in [2.24, 2.45) is 5.92 Å². The van der Waals surface area contributed by atoms with Crippen molar-refractivity contribution >= 4 is 0 Å². The SMILES string of the molecule is COCC(O)CCNCC1CCCCCC1. The molecule has 0 spiro atoms. The standard InChI is InChI=1S/C13H27NO2/c1-16-11-13(15)8-9-14-10-12-6-4-2-3-5-7-12/h12-15H,2-11H2,1H3. The first-order valence-electron chi connectivity index (χ1n) is 6.70. The van der Waals surface area contributed by atoms with E-state index in [1.54, 1.807) is 7.11 Å². The first kappa shape index (κ1) is 13.9. The summed E-state index contributed by atoms with van der Waals surface area (Å²) in [5.41, 5.74) is 0. The van der Waals surface area contributed by atoms with Crippen LogP contribution in [0.3, 0.4) is 0 Å². The summed E-state index contributed by atoms with van der Waals surface area (Å²) in [4.78, 5) is 0. The van der Waals surface area contributed by atoms with Crippen LogP contribution in [0.25, 0.3) is 0 Å². The van der Waals surface area contributed by atoms with Crippen molar-refractivity contribution in [1.29, 1.82) is 0 Å². The van der Waals surface area contributed by atoms with Crippen molar-refractivity contribution in [2.75, 3.05) is 26.8 Å². The molecule has 3 nitrogen and oxygen atoms in total. The first-order chi connectivity index (χ1) is 7.83. The quantitative estimate of drug-likeness (QED) is 0.518. The van der Waals surface area contributed by atoms with Gasteiger partial charge < -0.3 is 15.2 Å². The Morgan fingerprint density at radius 1 is 1.25 bits per heavy atom. The van der Waals surface area contributed by atoms with Gasteiger partial charge in [-0.1, -0.05) is 25.7 Å². The Hall–Kier alpha value is -0.120. The van der Waals surface area contributed by atoms with Crippen LogP contribution in [0.5, 0.6) is 0 Å². The van der Waals surface area contributed by atoms with Crippen LogP contribution < -0.4 is 5.32 Å². The molecule has 0 aliphatic heterocycles. The zero-order valence-electron chi connectivity index (χ0n) is 10.6. The minimum atomic E-state index is -0.313. The van der Waals surface area contributed by atoms with E-state index in [9.17, 15) is 5.11 Å². The minimum absolute atomic E-state index is 0.313. The summed E-state index contributed by atoms with van der Waals surface area (Å²) >= 11 is 0. The Kier molecular flexibility index (Phi) is 7.81. The van der Waals surface area contributed by atoms with Gasteiger partial charge in [-0.05, 0) is 38.3 Å². The molecule has 1 saturated carbocycles. The van der Waals surface area contributed by atoms with Gasteiger partial charge in [0.2, 0.25) is 0 Å². The lowest BCUT2D eigenvalue weighted by Gasteiger charge is -2.15. The van der Waals surface area contributed by atoms with E-state index in [2.05, 4.69) is 5.32 Å². The van der Waals surface area contributed by atoms with Gasteiger partial charge in [-0.25, -0.2) is 0 Å². The number of methoxy groups -OCH3 is 1. The molecule has 2 N–H and O–H groups in total. The Balaban J connectivity index is 1.97. The highest BCUT2D eigenvalue weighted by Crippen LogP contribution is 2.21. The van der Waals surface area contributed by atoms with E-state index in [4.69, 9.17) is 4.74 Å². The van der Waals surface area contributed by atoms with Crippen LogP contribution in [0.2, 0.25) is 0 Å². The Bertz CT molecular complexity index is 156. The minimum Gasteiger partial charge on any atom is -0.391 e. The molecular weight excluding hydrogens is 202 g/mol. The molecule has 0 radical (unpaired) electrons. The molecule has 96 valence electrons. The van der Waals surface area contributed by atoms with Crippen LogP contribution in [-0.2, 0) is 4.74 Å². The fourth-order valence-corrected chi connectivity index (χ4v) is 2.42. The van der Waals surface area contributed by atoms with E-state index < -0.39 is 0 Å². The Labute approximate surface area is 99.6 Å². The van der Waals surface area contributed by atoms with Crippen LogP contribution in [-0.4, -0.2) is 38.0 Å². The second-order valence-electron chi connectivity index (χ2n) is 4.96. The predicted molar refractivity (Wildman–Crippen MR) is 66.6 cm³/mol. The van der Waals surface area contributed by atoms with Gasteiger partial charge in [0.05, 0.1) is 12.7 Å². The highest BCUT2D eigenvalue weighted by Gasteiger charge is 2.11. The molecule has 3 heteroatoms. The van der Waals surface area contributed by atoms with Gasteiger partial charge in [-0.3, -0.25) is 0 Å². The van der Waals surface area contributed by atoms with E-state index in [0.29, 0.717) is 6.61 Å². The van der Waals surface area contributed by atoms with Crippen LogP contribution >= 0.6 is 0 Å². The van der Waals surface area contributed by atoms with E-state index in [1.165, 1.54) is 38.5 Å². The van der Waals surface area contributed by atoms with Crippen molar-refractivity contribution in [2.45, 2.75) is 51.0 Å². The Morgan fingerprint density at radius 3 is 2.56 bits per heavy atom. The Morgan fingerprint density at radius 2 is 1.94 bits per heavy atom. The molecule has 0 amide bonds. The van der Waals surface area contributed by atoms with Gasteiger partial charge in [-0.15, -0.1) is 0 Å². The van der Waals surface area contributed by atoms with Gasteiger partial charge in [0.25, 0.3) is 0 Å². The molecule has 0 aromatic heterocycles. The summed E-state index contributed by atoms with van der Waals surface area (Å²) in [6.07, 6.45) is 8.89. The van der Waals surface area contributed by atoms with Crippen molar-refractivity contribution in [1.82, 2.24) is 5.32 Å². The summed E-state index contributed by atoms with van der Waals surface area (Å²) in [7, 11) is 1.63. The lowest BCUT2D eigenvalue weighted by molar-refractivity contribution is 0.0593. The van der Waals surface area contributed by atoms with Crippen LogP contribution in [0.15, 0.2) is 0 Å². The van der Waals surface area contributed by atoms with Crippen LogP contribution in [0.1, 0.15) is 44.9 Å². The summed E-state index contributed by atoms with van der Waals surface area (Å²) in [5, 5.41) is 12.9. The fourth-order valence-electron chi connectivity index (χ4n) is 2.42. The van der Waals surface area contributed by atoms with Crippen LogP contribution in [0, 0.1) is 5.92 Å². The summed E-state index contributed by atoms with van der Waals surface area (Å²) in [6, 6.07) is 0. The average Bonchev–Trinajstić information content (AvgIpc) is 2.53. The number of aliphatic hydroxyl groups is 1. The topological polar surface area (TPSA) is 41.5 Å². The predicted octanol–water partition coefficient (Wildman–Crippen LogP) is 1.94. The van der Waals surface area contributed by atoms with Crippen molar-refractivity contribution in [3.05, 3.63) is 0 Å². The molecule has 1 unspecified atom stereocenters. The molecule has 1 aliphatic carbocycles. The molecule has 0 saturated heterocycles. The summed E-state index contributed by atoms with van der Waals surface area (Å²) < 4.78 is 4.89. The van der Waals surface area contributed by atoms with Crippen molar-refractivity contribution in [3.8, 4) is 0 Å². The summed E-state index contributed by atoms with van der Waals surface area (Å²) in [6.45, 7) is 2.48. The number of nitrogens with one attached hydrogen (secondary N) is 1. The van der Waals surface area contributed by atoms with Crippen LogP contribution in [0.4, 0.5) is 0 Å². The molecule has 1 fully saturated rings. The third-order valence-corrected chi connectivity index (χ3v) is 3.42. The van der Waals surface area contributed by atoms with Crippen molar-refractivity contribution < 1.29 is 9.84 Å². The largest absolute Gasteiger partial charge is 0.391 e. The molecule has 0 bridgehead atoms. The number of aliphatic hydroxyl groups excluding tert-OH is 1. The molecule has 0 aromatic carbocycles. The number of hydrogen-bond donors (Lipinski definition) is 2. The average molecular weight is 229 g/mol. The maximum absolute atomic E-state index is 9.47. The summed E-state index contributed by atoms with van der Waals surface area (Å²) in [5.74, 6) is 0.863. The first-order valence-corrected chi connectivity index (χ1v) is 6.70. The number of hydrogen-bond acceptors (Lipinski definition) is 3. The van der Waals surface area contributed by atoms with E-state index in [-0.39, 0.29) is 6.10 Å². The monoisotopic (exact) mass is 229 g/mol. The third-order valence-electron chi connectivity index (χ3n) is 3.42. The second kappa shape index (κ2) is 8.97. The molecule has 0 heterocycles. The number of rotatable bonds is 7. The molecule has 1 atom stereocenters. The highest BCUT2D eigenvalue weighted by atomic mass is 16.5. The number of ether oxygens (including phenoxy) is 1. The lowest BCUT2D eigenvalue weighted by atomic mass is 10.0. The van der Waals surface area contributed by atoms with Gasteiger partial charge in [0, 0.05) is 7.11 Å². The normalized spacial score (nSPS) is 20.6. The smallest absolute Gasteiger partial charge is 0.0785 e. The lowest BCUT2D eigenvalue weighted by Crippen LogP contribution is -2.27. The molecular formula is C13H27NO2.